The number of carbonyl (C=O) groups is 2. The van der Waals surface area contributed by atoms with E-state index >= 15 is 0 Å². The van der Waals surface area contributed by atoms with Gasteiger partial charge in [-0.15, -0.1) is 0 Å². The van der Waals surface area contributed by atoms with Gasteiger partial charge >= 0.3 is 0 Å². The maximum atomic E-state index is 13.8. The van der Waals surface area contributed by atoms with E-state index in [0.29, 0.717) is 42.2 Å². The normalized spacial score (nSPS) is 16.7. The van der Waals surface area contributed by atoms with E-state index in [0.717, 1.165) is 22.6 Å². The molecule has 0 saturated heterocycles. The summed E-state index contributed by atoms with van der Waals surface area (Å²) < 4.78 is 12.6. The van der Waals surface area contributed by atoms with E-state index in [1.165, 1.54) is 0 Å². The van der Waals surface area contributed by atoms with Crippen LogP contribution in [0.2, 0.25) is 0 Å². The molecule has 4 aromatic carbocycles. The second-order valence-corrected chi connectivity index (χ2v) is 12.1. The third kappa shape index (κ3) is 8.55. The van der Waals surface area contributed by atoms with Crippen molar-refractivity contribution in [2.24, 2.45) is 5.92 Å². The predicted molar refractivity (Wildman–Crippen MR) is 180 cm³/mol. The van der Waals surface area contributed by atoms with Crippen LogP contribution in [-0.4, -0.2) is 65.6 Å². The van der Waals surface area contributed by atoms with Crippen LogP contribution in [0, 0.1) is 17.2 Å². The van der Waals surface area contributed by atoms with E-state index in [-0.39, 0.29) is 36.9 Å². The van der Waals surface area contributed by atoms with E-state index < -0.39 is 6.04 Å². The van der Waals surface area contributed by atoms with Gasteiger partial charge in [-0.2, -0.15) is 5.26 Å². The quantitative estimate of drug-likeness (QED) is 0.212. The van der Waals surface area contributed by atoms with Gasteiger partial charge in [0.2, 0.25) is 5.91 Å². The first kappa shape index (κ1) is 33.2. The topological polar surface area (TPSA) is 115 Å². The Morgan fingerprint density at radius 3 is 2.38 bits per heavy atom. The molecule has 0 bridgehead atoms. The predicted octanol–water partition coefficient (Wildman–Crippen LogP) is 5.88. The van der Waals surface area contributed by atoms with E-state index in [1.54, 1.807) is 47.4 Å². The lowest BCUT2D eigenvalue weighted by Crippen LogP contribution is -2.49. The summed E-state index contributed by atoms with van der Waals surface area (Å²) in [5.74, 6) is 1.22. The molecule has 0 aliphatic carbocycles. The van der Waals surface area contributed by atoms with Gasteiger partial charge < -0.3 is 24.8 Å². The zero-order valence-corrected chi connectivity index (χ0v) is 26.9. The summed E-state index contributed by atoms with van der Waals surface area (Å²) in [6, 6.07) is 31.3. The van der Waals surface area contributed by atoms with Crippen molar-refractivity contribution in [3.8, 4) is 23.3 Å². The fourth-order valence-electron chi connectivity index (χ4n) is 5.61. The summed E-state index contributed by atoms with van der Waals surface area (Å²) in [6.45, 7) is 5.29. The molecular formula is C38H40N4O5. The second kappa shape index (κ2) is 15.4. The standard InChI is InChI=1S/C38H40N4O5/c1-26-22-42(27(2)25-43)38(45)33-10-7-11-34(40-36(44)20-28-12-14-29(21-39)15-13-28)37(33)47-35(26)24-41(3)23-30-16-18-32(19-17-30)46-31-8-5-4-6-9-31/h4-19,26-27,35,43H,20,22-25H2,1-3H3,(H,40,44)/t26-,27+,35-/m1/s1. The number of aliphatic hydroxyl groups excluding tert-OH is 1. The lowest BCUT2D eigenvalue weighted by atomic mass is 9.98. The smallest absolute Gasteiger partial charge is 0.258 e. The fraction of sp³-hybridized carbons (Fsp3) is 0.289. The van der Waals surface area contributed by atoms with Crippen molar-refractivity contribution in [3.63, 3.8) is 0 Å². The molecule has 47 heavy (non-hydrogen) atoms. The molecule has 2 N–H and O–H groups in total. The largest absolute Gasteiger partial charge is 0.486 e. The highest BCUT2D eigenvalue weighted by atomic mass is 16.5. The number of benzene rings is 4. The zero-order valence-electron chi connectivity index (χ0n) is 26.9. The van der Waals surface area contributed by atoms with Crippen LogP contribution in [0.4, 0.5) is 5.69 Å². The molecule has 1 heterocycles. The number of carbonyl (C=O) groups excluding carboxylic acids is 2. The maximum Gasteiger partial charge on any atom is 0.258 e. The summed E-state index contributed by atoms with van der Waals surface area (Å²) in [6.07, 6.45) is -0.244. The van der Waals surface area contributed by atoms with Crippen LogP contribution in [0.25, 0.3) is 0 Å². The summed E-state index contributed by atoms with van der Waals surface area (Å²) in [4.78, 5) is 30.8. The molecule has 0 fully saturated rings. The van der Waals surface area contributed by atoms with Gasteiger partial charge in [0.15, 0.2) is 5.75 Å². The van der Waals surface area contributed by atoms with E-state index in [4.69, 9.17) is 14.7 Å². The van der Waals surface area contributed by atoms with Crippen LogP contribution in [0.1, 0.15) is 40.9 Å². The number of rotatable bonds is 11. The highest BCUT2D eigenvalue weighted by Gasteiger charge is 2.34. The molecule has 3 atom stereocenters. The highest BCUT2D eigenvalue weighted by Crippen LogP contribution is 2.35. The number of amides is 2. The zero-order chi connectivity index (χ0) is 33.3. The van der Waals surface area contributed by atoms with Crippen LogP contribution in [-0.2, 0) is 17.8 Å². The van der Waals surface area contributed by atoms with Crippen LogP contribution in [0.3, 0.4) is 0 Å². The van der Waals surface area contributed by atoms with Crippen molar-refractivity contribution in [2.45, 2.75) is 39.0 Å². The molecule has 0 radical (unpaired) electrons. The third-order valence-corrected chi connectivity index (χ3v) is 8.26. The first-order valence-electron chi connectivity index (χ1n) is 15.7. The van der Waals surface area contributed by atoms with Gasteiger partial charge in [0.25, 0.3) is 5.91 Å². The lowest BCUT2D eigenvalue weighted by molar-refractivity contribution is -0.115. The van der Waals surface area contributed by atoms with Crippen LogP contribution in [0.5, 0.6) is 17.2 Å². The minimum atomic E-state index is -0.402. The molecular weight excluding hydrogens is 592 g/mol. The third-order valence-electron chi connectivity index (χ3n) is 8.26. The number of nitrogens with one attached hydrogen (secondary N) is 1. The number of fused-ring (bicyclic) bond motifs is 1. The first-order chi connectivity index (χ1) is 22.7. The molecule has 9 heteroatoms. The second-order valence-electron chi connectivity index (χ2n) is 12.1. The van der Waals surface area contributed by atoms with Gasteiger partial charge in [-0.3, -0.25) is 14.5 Å². The molecule has 0 spiro atoms. The summed E-state index contributed by atoms with van der Waals surface area (Å²) in [5, 5.41) is 22.0. The number of para-hydroxylation sites is 2. The van der Waals surface area contributed by atoms with E-state index in [1.807, 2.05) is 75.5 Å². The Morgan fingerprint density at radius 1 is 1.02 bits per heavy atom. The minimum absolute atomic E-state index is 0.0902. The maximum absolute atomic E-state index is 13.8. The summed E-state index contributed by atoms with van der Waals surface area (Å²) >= 11 is 0. The summed E-state index contributed by atoms with van der Waals surface area (Å²) in [5.41, 5.74) is 3.12. The SMILES string of the molecule is C[C@@H]1CN([C@@H](C)CO)C(=O)c2cccc(NC(=O)Cc3ccc(C#N)cc3)c2O[C@@H]1CN(C)Cc1ccc(Oc2ccccc2)cc1. The Kier molecular flexibility index (Phi) is 10.9. The van der Waals surface area contributed by atoms with E-state index in [2.05, 4.69) is 16.3 Å². The van der Waals surface area contributed by atoms with E-state index in [9.17, 15) is 14.7 Å². The van der Waals surface area contributed by atoms with Gasteiger partial charge in [-0.25, -0.2) is 0 Å². The lowest BCUT2D eigenvalue weighted by Gasteiger charge is -2.38. The van der Waals surface area contributed by atoms with Crippen molar-refractivity contribution in [1.29, 1.82) is 5.26 Å². The van der Waals surface area contributed by atoms with Gasteiger partial charge in [0, 0.05) is 25.6 Å². The Balaban J connectivity index is 1.34. The van der Waals surface area contributed by atoms with Crippen LogP contribution >= 0.6 is 0 Å². The average Bonchev–Trinajstić information content (AvgIpc) is 3.08. The first-order valence-corrected chi connectivity index (χ1v) is 15.7. The van der Waals surface area contributed by atoms with Crippen molar-refractivity contribution in [1.82, 2.24) is 9.80 Å². The molecule has 5 rings (SSSR count). The van der Waals surface area contributed by atoms with Gasteiger partial charge in [-0.05, 0) is 73.6 Å². The highest BCUT2D eigenvalue weighted by molar-refractivity contribution is 6.02. The van der Waals surface area contributed by atoms with Gasteiger partial charge in [-0.1, -0.05) is 55.5 Å². The number of anilines is 1. The summed E-state index contributed by atoms with van der Waals surface area (Å²) in [7, 11) is 2.02. The molecule has 9 nitrogen and oxygen atoms in total. The molecule has 4 aromatic rings. The number of hydrogen-bond acceptors (Lipinski definition) is 7. The Bertz CT molecular complexity index is 1700. The molecule has 1 aliphatic heterocycles. The van der Waals surface area contributed by atoms with Crippen molar-refractivity contribution in [3.05, 3.63) is 119 Å². The van der Waals surface area contributed by atoms with Crippen molar-refractivity contribution >= 4 is 17.5 Å². The van der Waals surface area contributed by atoms with Crippen LogP contribution in [0.15, 0.2) is 97.1 Å². The molecule has 2 amide bonds. The molecule has 1 aliphatic rings. The van der Waals surface area contributed by atoms with Gasteiger partial charge in [0.1, 0.15) is 17.6 Å². The number of aliphatic hydroxyl groups is 1. The number of nitriles is 1. The Hall–Kier alpha value is -5.17. The molecule has 0 aromatic heterocycles. The van der Waals surface area contributed by atoms with Crippen molar-refractivity contribution in [2.75, 3.05) is 32.1 Å². The van der Waals surface area contributed by atoms with Gasteiger partial charge in [0.05, 0.1) is 42.0 Å². The Morgan fingerprint density at radius 2 is 1.70 bits per heavy atom. The Labute approximate surface area is 276 Å². The molecule has 0 unspecified atom stereocenters. The number of likely N-dealkylation sites (N-methyl/N-ethyl adjacent to an activating group) is 1. The van der Waals surface area contributed by atoms with Crippen LogP contribution < -0.4 is 14.8 Å². The monoisotopic (exact) mass is 632 g/mol. The number of ether oxygens (including phenoxy) is 2. The minimum Gasteiger partial charge on any atom is -0.486 e. The fourth-order valence-corrected chi connectivity index (χ4v) is 5.61. The average molecular weight is 633 g/mol. The van der Waals surface area contributed by atoms with Crippen molar-refractivity contribution < 1.29 is 24.2 Å². The number of nitrogens with zero attached hydrogens (tertiary/aromatic N) is 3. The molecule has 0 saturated carbocycles. The molecule has 242 valence electrons. The number of hydrogen-bond donors (Lipinski definition) is 2.